The molecule has 0 bridgehead atoms. The summed E-state index contributed by atoms with van der Waals surface area (Å²) in [7, 11) is 0. The Bertz CT molecular complexity index is 688. The van der Waals surface area contributed by atoms with Crippen LogP contribution < -0.4 is 0 Å². The number of aliphatic hydroxyl groups is 3. The van der Waals surface area contributed by atoms with Crippen molar-refractivity contribution in [3.8, 4) is 0 Å². The monoisotopic (exact) mass is 296 g/mol. The number of nitrogens with zero attached hydrogens (tertiary/aromatic N) is 4. The Balaban J connectivity index is 2.06. The summed E-state index contributed by atoms with van der Waals surface area (Å²) >= 11 is 0. The van der Waals surface area contributed by atoms with E-state index in [1.54, 1.807) is 0 Å². The number of benzene rings is 1. The van der Waals surface area contributed by atoms with Gasteiger partial charge in [-0.05, 0) is 6.07 Å². The summed E-state index contributed by atoms with van der Waals surface area (Å²) in [6, 6.07) is 4.29. The van der Waals surface area contributed by atoms with Crippen LogP contribution in [0.2, 0.25) is 0 Å². The summed E-state index contributed by atoms with van der Waals surface area (Å²) in [5.41, 5.74) is 0.129. The molecule has 0 amide bonds. The minimum absolute atomic E-state index is 0.0558. The molecular formula is C11H12N4O6. The molecule has 1 aliphatic rings. The Labute approximate surface area is 117 Å². The molecule has 0 spiro atoms. The van der Waals surface area contributed by atoms with Gasteiger partial charge in [0, 0.05) is 6.07 Å². The van der Waals surface area contributed by atoms with E-state index in [2.05, 4.69) is 10.3 Å². The number of aliphatic hydroxyl groups excluding tert-OH is 3. The fourth-order valence-corrected chi connectivity index (χ4v) is 2.37. The normalized spacial score (nSPS) is 29.1. The van der Waals surface area contributed by atoms with Crippen LogP contribution in [0.25, 0.3) is 11.0 Å². The molecule has 0 aliphatic carbocycles. The van der Waals surface area contributed by atoms with E-state index in [4.69, 9.17) is 9.84 Å². The number of fused-ring (bicyclic) bond motifs is 1. The minimum atomic E-state index is -1.33. The highest BCUT2D eigenvalue weighted by molar-refractivity contribution is 5.83. The maximum absolute atomic E-state index is 10.9. The summed E-state index contributed by atoms with van der Waals surface area (Å²) in [4.78, 5) is 10.4. The molecule has 10 heteroatoms. The number of ether oxygens (including phenoxy) is 1. The molecule has 21 heavy (non-hydrogen) atoms. The number of nitro benzene ring substituents is 1. The van der Waals surface area contributed by atoms with Crippen molar-refractivity contribution in [2.75, 3.05) is 6.61 Å². The van der Waals surface area contributed by atoms with Gasteiger partial charge in [-0.1, -0.05) is 11.3 Å². The van der Waals surface area contributed by atoms with Crippen molar-refractivity contribution in [2.24, 2.45) is 0 Å². The number of hydrogen-bond acceptors (Lipinski definition) is 8. The van der Waals surface area contributed by atoms with Gasteiger partial charge in [-0.25, -0.2) is 4.68 Å². The fraction of sp³-hybridized carbons (Fsp3) is 0.455. The lowest BCUT2D eigenvalue weighted by molar-refractivity contribution is -0.383. The zero-order valence-electron chi connectivity index (χ0n) is 10.6. The van der Waals surface area contributed by atoms with Crippen molar-refractivity contribution in [1.29, 1.82) is 0 Å². The topological polar surface area (TPSA) is 144 Å². The van der Waals surface area contributed by atoms with Crippen LogP contribution in [0.5, 0.6) is 0 Å². The van der Waals surface area contributed by atoms with Gasteiger partial charge in [0.2, 0.25) is 0 Å². The lowest BCUT2D eigenvalue weighted by Crippen LogP contribution is -2.33. The van der Waals surface area contributed by atoms with Gasteiger partial charge >= 0.3 is 0 Å². The average Bonchev–Trinajstić information content (AvgIpc) is 3.01. The second kappa shape index (κ2) is 5.00. The third-order valence-corrected chi connectivity index (χ3v) is 3.44. The minimum Gasteiger partial charge on any atom is -0.394 e. The van der Waals surface area contributed by atoms with Crippen LogP contribution >= 0.6 is 0 Å². The maximum atomic E-state index is 10.9. The van der Waals surface area contributed by atoms with E-state index < -0.39 is 36.1 Å². The van der Waals surface area contributed by atoms with Crippen molar-refractivity contribution in [1.82, 2.24) is 15.0 Å². The van der Waals surface area contributed by atoms with E-state index in [1.165, 1.54) is 18.2 Å². The van der Waals surface area contributed by atoms with Gasteiger partial charge in [0.15, 0.2) is 11.7 Å². The van der Waals surface area contributed by atoms with Crippen molar-refractivity contribution >= 4 is 16.7 Å². The molecule has 4 atom stereocenters. The third-order valence-electron chi connectivity index (χ3n) is 3.44. The molecule has 2 heterocycles. The smallest absolute Gasteiger partial charge is 0.299 e. The Morgan fingerprint density at radius 2 is 2.14 bits per heavy atom. The van der Waals surface area contributed by atoms with Crippen molar-refractivity contribution in [2.45, 2.75) is 24.5 Å². The Hall–Kier alpha value is -2.14. The molecule has 1 fully saturated rings. The summed E-state index contributed by atoms with van der Waals surface area (Å²) in [5, 5.41) is 47.2. The first kappa shape index (κ1) is 13.8. The van der Waals surface area contributed by atoms with E-state index in [-0.39, 0.29) is 11.2 Å². The van der Waals surface area contributed by atoms with Crippen LogP contribution in [-0.4, -0.2) is 60.2 Å². The number of hydrogen-bond donors (Lipinski definition) is 3. The summed E-state index contributed by atoms with van der Waals surface area (Å²) < 4.78 is 6.49. The molecule has 112 valence electrons. The second-order valence-corrected chi connectivity index (χ2v) is 4.66. The van der Waals surface area contributed by atoms with Crippen molar-refractivity contribution in [3.05, 3.63) is 28.3 Å². The second-order valence-electron chi connectivity index (χ2n) is 4.66. The van der Waals surface area contributed by atoms with Crippen LogP contribution in [0.4, 0.5) is 5.69 Å². The molecule has 1 aromatic carbocycles. The zero-order chi connectivity index (χ0) is 15.1. The molecular weight excluding hydrogens is 284 g/mol. The highest BCUT2D eigenvalue weighted by atomic mass is 16.6. The highest BCUT2D eigenvalue weighted by Crippen LogP contribution is 2.32. The third kappa shape index (κ3) is 2.05. The Morgan fingerprint density at radius 1 is 1.38 bits per heavy atom. The first-order chi connectivity index (χ1) is 10.0. The van der Waals surface area contributed by atoms with E-state index in [1.807, 2.05) is 0 Å². The van der Waals surface area contributed by atoms with Gasteiger partial charge in [0.05, 0.1) is 17.0 Å². The number of rotatable bonds is 3. The van der Waals surface area contributed by atoms with E-state index in [0.717, 1.165) is 4.68 Å². The maximum Gasteiger partial charge on any atom is 0.299 e. The quantitative estimate of drug-likeness (QED) is 0.481. The lowest BCUT2D eigenvalue weighted by atomic mass is 10.1. The number of nitro groups is 1. The molecule has 1 aliphatic heterocycles. The lowest BCUT2D eigenvalue weighted by Gasteiger charge is -2.14. The first-order valence-electron chi connectivity index (χ1n) is 6.15. The molecule has 0 unspecified atom stereocenters. The van der Waals surface area contributed by atoms with Crippen molar-refractivity contribution < 1.29 is 25.0 Å². The molecule has 3 rings (SSSR count). The van der Waals surface area contributed by atoms with E-state index in [0.29, 0.717) is 5.52 Å². The predicted octanol–water partition coefficient (Wildman–Crippen LogP) is -1.05. The van der Waals surface area contributed by atoms with Crippen LogP contribution in [0.15, 0.2) is 18.2 Å². The molecule has 1 aromatic heterocycles. The highest BCUT2D eigenvalue weighted by Gasteiger charge is 2.44. The van der Waals surface area contributed by atoms with Crippen LogP contribution in [0, 0.1) is 10.1 Å². The van der Waals surface area contributed by atoms with Gasteiger partial charge in [-0.15, -0.1) is 5.10 Å². The molecule has 2 aromatic rings. The largest absolute Gasteiger partial charge is 0.394 e. The Kier molecular flexibility index (Phi) is 3.29. The number of non-ortho nitro benzene ring substituents is 1. The zero-order valence-corrected chi connectivity index (χ0v) is 10.6. The molecule has 0 radical (unpaired) electrons. The van der Waals surface area contributed by atoms with Crippen LogP contribution in [-0.2, 0) is 4.74 Å². The summed E-state index contributed by atoms with van der Waals surface area (Å²) in [5.74, 6) is 0. The molecule has 3 N–H and O–H groups in total. The summed E-state index contributed by atoms with van der Waals surface area (Å²) in [6.07, 6.45) is -4.64. The van der Waals surface area contributed by atoms with Gasteiger partial charge in [0.25, 0.3) is 5.69 Å². The SMILES string of the molecule is O=[N+]([O-])c1cccc2c1nnn2[C@@H]1O[C@@H](CO)[C@@H](O)[C@@H]1O. The number of aromatic nitrogens is 3. The fourth-order valence-electron chi connectivity index (χ4n) is 2.37. The Morgan fingerprint density at radius 3 is 2.76 bits per heavy atom. The standard InChI is InChI=1S/C11H12N4O6/c16-4-7-9(17)10(18)11(21-7)14-5-2-1-3-6(15(19)20)8(5)12-13-14/h1-3,7,9-11,16-18H,4H2/t7-,9+,10-,11+/m0/s1. The van der Waals surface area contributed by atoms with E-state index in [9.17, 15) is 20.3 Å². The first-order valence-corrected chi connectivity index (χ1v) is 6.15. The van der Waals surface area contributed by atoms with Crippen molar-refractivity contribution in [3.63, 3.8) is 0 Å². The van der Waals surface area contributed by atoms with Crippen LogP contribution in [0.1, 0.15) is 6.23 Å². The molecule has 1 saturated heterocycles. The predicted molar refractivity (Wildman–Crippen MR) is 67.2 cm³/mol. The van der Waals surface area contributed by atoms with Gasteiger partial charge in [-0.3, -0.25) is 10.1 Å². The molecule has 0 saturated carbocycles. The van der Waals surface area contributed by atoms with Gasteiger partial charge in [0.1, 0.15) is 18.3 Å². The van der Waals surface area contributed by atoms with Crippen LogP contribution in [0.3, 0.4) is 0 Å². The average molecular weight is 296 g/mol. The molecule has 10 nitrogen and oxygen atoms in total. The van der Waals surface area contributed by atoms with Gasteiger partial charge in [-0.2, -0.15) is 0 Å². The van der Waals surface area contributed by atoms with E-state index >= 15 is 0 Å². The summed E-state index contributed by atoms with van der Waals surface area (Å²) in [6.45, 7) is -0.471. The van der Waals surface area contributed by atoms with Gasteiger partial charge < -0.3 is 20.1 Å².